The highest BCUT2D eigenvalue weighted by atomic mass is 35.5. The third-order valence-corrected chi connectivity index (χ3v) is 5.36. The molecule has 1 fully saturated rings. The SMILES string of the molecule is CN=C(NCCCCN1CCN(C)CC1)NC(C)c1ccc(Cl)cc1Cl. The lowest BCUT2D eigenvalue weighted by atomic mass is 10.1. The van der Waals surface area contributed by atoms with E-state index in [-0.39, 0.29) is 6.04 Å². The van der Waals surface area contributed by atoms with Crippen LogP contribution in [0.1, 0.15) is 31.4 Å². The van der Waals surface area contributed by atoms with Crippen LogP contribution in [-0.2, 0) is 0 Å². The maximum Gasteiger partial charge on any atom is 0.191 e. The van der Waals surface area contributed by atoms with Crippen LogP contribution in [0.3, 0.4) is 0 Å². The molecule has 0 radical (unpaired) electrons. The number of nitrogens with zero attached hydrogens (tertiary/aromatic N) is 3. The summed E-state index contributed by atoms with van der Waals surface area (Å²) >= 11 is 12.3. The molecular formula is C19H31Cl2N5. The minimum atomic E-state index is 0.0521. The van der Waals surface area contributed by atoms with E-state index < -0.39 is 0 Å². The quantitative estimate of drug-likeness (QED) is 0.419. The molecule has 1 aliphatic rings. The Morgan fingerprint density at radius 1 is 1.19 bits per heavy atom. The first-order valence-corrected chi connectivity index (χ1v) is 10.1. The third-order valence-electron chi connectivity index (χ3n) is 4.80. The van der Waals surface area contributed by atoms with E-state index >= 15 is 0 Å². The molecule has 0 saturated carbocycles. The zero-order chi connectivity index (χ0) is 18.9. The number of halogens is 2. The van der Waals surface area contributed by atoms with E-state index in [9.17, 15) is 0 Å². The lowest BCUT2D eigenvalue weighted by molar-refractivity contribution is 0.152. The predicted molar refractivity (Wildman–Crippen MR) is 113 cm³/mol. The van der Waals surface area contributed by atoms with Gasteiger partial charge in [0, 0.05) is 49.8 Å². The molecule has 1 heterocycles. The molecule has 7 heteroatoms. The van der Waals surface area contributed by atoms with Gasteiger partial charge in [0.05, 0.1) is 6.04 Å². The Hall–Kier alpha value is -1.01. The van der Waals surface area contributed by atoms with Crippen molar-refractivity contribution in [1.82, 2.24) is 20.4 Å². The number of rotatable bonds is 7. The molecule has 0 bridgehead atoms. The van der Waals surface area contributed by atoms with Crippen LogP contribution < -0.4 is 10.6 Å². The highest BCUT2D eigenvalue weighted by Gasteiger charge is 2.13. The largest absolute Gasteiger partial charge is 0.356 e. The standard InChI is InChI=1S/C19H31Cl2N5/c1-15(17-7-6-16(20)14-18(17)21)24-19(22-2)23-8-4-5-9-26-12-10-25(3)11-13-26/h6-7,14-15H,4-5,8-13H2,1-3H3,(H2,22,23,24). The zero-order valence-corrected chi connectivity index (χ0v) is 17.6. The van der Waals surface area contributed by atoms with Gasteiger partial charge in [0.2, 0.25) is 0 Å². The Bertz CT molecular complexity index is 585. The van der Waals surface area contributed by atoms with Crippen LogP contribution in [-0.4, -0.2) is 69.1 Å². The summed E-state index contributed by atoms with van der Waals surface area (Å²) in [6, 6.07) is 5.63. The normalized spacial score (nSPS) is 18.0. The molecule has 2 N–H and O–H groups in total. The molecule has 2 rings (SSSR count). The van der Waals surface area contributed by atoms with Crippen LogP contribution in [0, 0.1) is 0 Å². The van der Waals surface area contributed by atoms with Crippen molar-refractivity contribution < 1.29 is 0 Å². The minimum Gasteiger partial charge on any atom is -0.356 e. The van der Waals surface area contributed by atoms with Gasteiger partial charge in [0.15, 0.2) is 5.96 Å². The first-order chi connectivity index (χ1) is 12.5. The van der Waals surface area contributed by atoms with Crippen molar-refractivity contribution in [2.24, 2.45) is 4.99 Å². The molecule has 1 aromatic rings. The van der Waals surface area contributed by atoms with Crippen LogP contribution >= 0.6 is 23.2 Å². The number of hydrogen-bond donors (Lipinski definition) is 2. The Morgan fingerprint density at radius 2 is 1.92 bits per heavy atom. The van der Waals surface area contributed by atoms with E-state index in [4.69, 9.17) is 23.2 Å². The number of guanidine groups is 1. The first kappa shape index (κ1) is 21.3. The highest BCUT2D eigenvalue weighted by molar-refractivity contribution is 6.35. The van der Waals surface area contributed by atoms with Crippen molar-refractivity contribution in [3.63, 3.8) is 0 Å². The van der Waals surface area contributed by atoms with Crippen LogP contribution in [0.15, 0.2) is 23.2 Å². The van der Waals surface area contributed by atoms with Crippen LogP contribution in [0.25, 0.3) is 0 Å². The fourth-order valence-electron chi connectivity index (χ4n) is 3.07. The Balaban J connectivity index is 1.67. The number of hydrogen-bond acceptors (Lipinski definition) is 3. The van der Waals surface area contributed by atoms with Crippen molar-refractivity contribution in [3.05, 3.63) is 33.8 Å². The average Bonchev–Trinajstić information content (AvgIpc) is 2.61. The van der Waals surface area contributed by atoms with Gasteiger partial charge in [-0.1, -0.05) is 29.3 Å². The fraction of sp³-hybridized carbons (Fsp3) is 0.632. The number of unbranched alkanes of at least 4 members (excludes halogenated alkanes) is 1. The van der Waals surface area contributed by atoms with Gasteiger partial charge >= 0.3 is 0 Å². The molecule has 0 spiro atoms. The van der Waals surface area contributed by atoms with E-state index in [1.54, 1.807) is 13.1 Å². The van der Waals surface area contributed by atoms with Crippen molar-refractivity contribution in [3.8, 4) is 0 Å². The zero-order valence-electron chi connectivity index (χ0n) is 16.1. The predicted octanol–water partition coefficient (Wildman–Crippen LogP) is 3.25. The maximum absolute atomic E-state index is 6.29. The first-order valence-electron chi connectivity index (χ1n) is 9.32. The highest BCUT2D eigenvalue weighted by Crippen LogP contribution is 2.25. The smallest absolute Gasteiger partial charge is 0.191 e. The summed E-state index contributed by atoms with van der Waals surface area (Å²) in [6.07, 6.45) is 2.33. The van der Waals surface area contributed by atoms with Gasteiger partial charge in [-0.15, -0.1) is 0 Å². The van der Waals surface area contributed by atoms with E-state index in [1.807, 2.05) is 12.1 Å². The molecule has 1 atom stereocenters. The summed E-state index contributed by atoms with van der Waals surface area (Å²) in [4.78, 5) is 9.25. The molecule has 1 saturated heterocycles. The number of piperazine rings is 1. The average molecular weight is 400 g/mol. The Kier molecular flexibility index (Phi) is 8.99. The van der Waals surface area contributed by atoms with Crippen molar-refractivity contribution >= 4 is 29.2 Å². The number of likely N-dealkylation sites (N-methyl/N-ethyl adjacent to an activating group) is 1. The second kappa shape index (κ2) is 11.0. The summed E-state index contributed by atoms with van der Waals surface area (Å²) in [5.41, 5.74) is 1.01. The van der Waals surface area contributed by atoms with Gasteiger partial charge in [-0.05, 0) is 51.1 Å². The minimum absolute atomic E-state index is 0.0521. The Morgan fingerprint density at radius 3 is 2.58 bits per heavy atom. The van der Waals surface area contributed by atoms with Crippen molar-refractivity contribution in [2.75, 3.05) is 53.4 Å². The lowest BCUT2D eigenvalue weighted by Crippen LogP contribution is -2.44. The molecule has 1 aromatic carbocycles. The molecule has 1 aliphatic heterocycles. The fourth-order valence-corrected chi connectivity index (χ4v) is 3.64. The maximum atomic E-state index is 6.29. The third kappa shape index (κ3) is 6.95. The molecule has 0 aromatic heterocycles. The number of aliphatic imine (C=N–C) groups is 1. The molecule has 5 nitrogen and oxygen atoms in total. The summed E-state index contributed by atoms with van der Waals surface area (Å²) < 4.78 is 0. The topological polar surface area (TPSA) is 42.9 Å². The summed E-state index contributed by atoms with van der Waals surface area (Å²) in [5, 5.41) is 8.09. The monoisotopic (exact) mass is 399 g/mol. The number of benzene rings is 1. The van der Waals surface area contributed by atoms with Gasteiger partial charge < -0.3 is 20.4 Å². The summed E-state index contributed by atoms with van der Waals surface area (Å²) in [7, 11) is 3.98. The molecule has 0 aliphatic carbocycles. The van der Waals surface area contributed by atoms with E-state index in [0.717, 1.165) is 24.5 Å². The van der Waals surface area contributed by atoms with Crippen LogP contribution in [0.2, 0.25) is 10.0 Å². The van der Waals surface area contributed by atoms with Gasteiger partial charge in [0.25, 0.3) is 0 Å². The van der Waals surface area contributed by atoms with Crippen molar-refractivity contribution in [1.29, 1.82) is 0 Å². The van der Waals surface area contributed by atoms with Gasteiger partial charge in [-0.3, -0.25) is 4.99 Å². The second-order valence-electron chi connectivity index (χ2n) is 6.88. The molecule has 26 heavy (non-hydrogen) atoms. The van der Waals surface area contributed by atoms with Gasteiger partial charge in [-0.25, -0.2) is 0 Å². The van der Waals surface area contributed by atoms with Gasteiger partial charge in [-0.2, -0.15) is 0 Å². The van der Waals surface area contributed by atoms with Crippen LogP contribution in [0.4, 0.5) is 0 Å². The molecule has 0 amide bonds. The van der Waals surface area contributed by atoms with E-state index in [0.29, 0.717) is 10.0 Å². The Labute approximate surface area is 167 Å². The summed E-state index contributed by atoms with van der Waals surface area (Å²) in [6.45, 7) is 8.89. The van der Waals surface area contributed by atoms with Crippen molar-refractivity contribution in [2.45, 2.75) is 25.8 Å². The molecule has 146 valence electrons. The van der Waals surface area contributed by atoms with E-state index in [2.05, 4.69) is 39.4 Å². The van der Waals surface area contributed by atoms with Crippen LogP contribution in [0.5, 0.6) is 0 Å². The molecule has 1 unspecified atom stereocenters. The lowest BCUT2D eigenvalue weighted by Gasteiger charge is -2.32. The number of nitrogens with one attached hydrogen (secondary N) is 2. The van der Waals surface area contributed by atoms with E-state index in [1.165, 1.54) is 39.1 Å². The van der Waals surface area contributed by atoms with Gasteiger partial charge in [0.1, 0.15) is 0 Å². The second-order valence-corrected chi connectivity index (χ2v) is 7.73. The summed E-state index contributed by atoms with van der Waals surface area (Å²) in [5.74, 6) is 0.795. The molecular weight excluding hydrogens is 369 g/mol.